The summed E-state index contributed by atoms with van der Waals surface area (Å²) in [6.07, 6.45) is 7.27. The van der Waals surface area contributed by atoms with E-state index >= 15 is 0 Å². The highest BCUT2D eigenvalue weighted by Crippen LogP contribution is 2.32. The first-order valence-electron chi connectivity index (χ1n) is 11.6. The Morgan fingerprint density at radius 2 is 1.94 bits per heavy atom. The summed E-state index contributed by atoms with van der Waals surface area (Å²) < 4.78 is 9.15. The SMILES string of the molecule is COc1cnc(-n2cnc(C)n2)c2[nH]cc(C(=O)C(=O)N3CCc4c(ccn4-c4ccccc4)C3)c12. The number of methoxy groups -OCH3 is 1. The maximum atomic E-state index is 13.5. The Labute approximate surface area is 206 Å². The number of rotatable bonds is 5. The standard InChI is InChI=1S/C26H23N7O3/c1-16-29-15-33(30-16)25-23-22(21(36-2)13-28-25)19(12-27-23)24(34)26(35)31-10-9-20-17(14-31)8-11-32(20)18-6-4-3-5-7-18/h3-8,11-13,15,27H,9-10,14H2,1-2H3. The van der Waals surface area contributed by atoms with Crippen LogP contribution in [0.3, 0.4) is 0 Å². The number of carbonyl (C=O) groups excluding carboxylic acids is 2. The van der Waals surface area contributed by atoms with E-state index in [1.165, 1.54) is 24.2 Å². The Hall–Kier alpha value is -4.73. The van der Waals surface area contributed by atoms with Crippen LogP contribution in [0.1, 0.15) is 27.4 Å². The van der Waals surface area contributed by atoms with Crippen molar-refractivity contribution in [1.82, 2.24) is 34.2 Å². The van der Waals surface area contributed by atoms with Gasteiger partial charge in [0, 0.05) is 43.3 Å². The predicted octanol–water partition coefficient (Wildman–Crippen LogP) is 3.02. The molecule has 5 heterocycles. The molecule has 0 saturated heterocycles. The van der Waals surface area contributed by atoms with E-state index in [0.29, 0.717) is 47.8 Å². The van der Waals surface area contributed by atoms with Crippen LogP contribution in [0.2, 0.25) is 0 Å². The number of ketones is 1. The molecule has 0 aliphatic carbocycles. The third-order valence-corrected chi connectivity index (χ3v) is 6.52. The molecule has 1 amide bonds. The first-order valence-corrected chi connectivity index (χ1v) is 11.6. The quantitative estimate of drug-likeness (QED) is 0.305. The molecule has 0 fully saturated rings. The third kappa shape index (κ3) is 3.46. The second kappa shape index (κ2) is 8.49. The Morgan fingerprint density at radius 1 is 1.11 bits per heavy atom. The minimum Gasteiger partial charge on any atom is -0.494 e. The average molecular weight is 482 g/mol. The number of hydrogen-bond acceptors (Lipinski definition) is 6. The van der Waals surface area contributed by atoms with E-state index in [2.05, 4.69) is 36.8 Å². The summed E-state index contributed by atoms with van der Waals surface area (Å²) in [4.78, 5) is 40.1. The fourth-order valence-electron chi connectivity index (χ4n) is 4.78. The zero-order chi connectivity index (χ0) is 24.8. The number of nitrogens with zero attached hydrogens (tertiary/aromatic N) is 6. The molecule has 180 valence electrons. The number of nitrogens with one attached hydrogen (secondary N) is 1. The van der Waals surface area contributed by atoms with Gasteiger partial charge in [0.15, 0.2) is 5.82 Å². The summed E-state index contributed by atoms with van der Waals surface area (Å²) in [6, 6.07) is 12.1. The second-order valence-corrected chi connectivity index (χ2v) is 8.64. The predicted molar refractivity (Wildman–Crippen MR) is 132 cm³/mol. The number of ether oxygens (including phenoxy) is 1. The zero-order valence-corrected chi connectivity index (χ0v) is 19.8. The van der Waals surface area contributed by atoms with Crippen molar-refractivity contribution in [3.8, 4) is 17.3 Å². The van der Waals surface area contributed by atoms with Gasteiger partial charge in [0.1, 0.15) is 17.9 Å². The topological polar surface area (TPSA) is 111 Å². The van der Waals surface area contributed by atoms with E-state index in [0.717, 1.165) is 16.9 Å². The van der Waals surface area contributed by atoms with Gasteiger partial charge >= 0.3 is 0 Å². The van der Waals surface area contributed by atoms with Crippen LogP contribution in [0.25, 0.3) is 22.4 Å². The van der Waals surface area contributed by atoms with Gasteiger partial charge in [-0.2, -0.15) is 5.10 Å². The summed E-state index contributed by atoms with van der Waals surface area (Å²) in [6.45, 7) is 2.61. The Morgan fingerprint density at radius 3 is 2.69 bits per heavy atom. The number of Topliss-reactive ketones (excluding diaryl/α,β-unsaturated/α-hetero) is 1. The maximum Gasteiger partial charge on any atom is 0.295 e. The Balaban J connectivity index is 1.31. The largest absolute Gasteiger partial charge is 0.494 e. The molecule has 6 rings (SSSR count). The van der Waals surface area contributed by atoms with Crippen molar-refractivity contribution in [2.24, 2.45) is 0 Å². The molecule has 1 aliphatic rings. The van der Waals surface area contributed by atoms with E-state index in [9.17, 15) is 9.59 Å². The number of pyridine rings is 1. The zero-order valence-electron chi connectivity index (χ0n) is 19.8. The van der Waals surface area contributed by atoms with Crippen LogP contribution in [0.5, 0.6) is 5.75 Å². The molecule has 1 aromatic carbocycles. The molecular weight excluding hydrogens is 458 g/mol. The summed E-state index contributed by atoms with van der Waals surface area (Å²) in [5.74, 6) is 0.291. The molecule has 0 unspecified atom stereocenters. The number of H-pyrrole nitrogens is 1. The van der Waals surface area contributed by atoms with Crippen LogP contribution >= 0.6 is 0 Å². The molecule has 0 bridgehead atoms. The summed E-state index contributed by atoms with van der Waals surface area (Å²) in [5.41, 5.74) is 4.05. The van der Waals surface area contributed by atoms with Crippen molar-refractivity contribution >= 4 is 22.6 Å². The Kier molecular flexibility index (Phi) is 5.14. The highest BCUT2D eigenvalue weighted by atomic mass is 16.5. The minimum atomic E-state index is -0.600. The lowest BCUT2D eigenvalue weighted by molar-refractivity contribution is -0.127. The number of aromatic amines is 1. The smallest absolute Gasteiger partial charge is 0.295 e. The van der Waals surface area contributed by atoms with Crippen LogP contribution in [0.15, 0.2) is 61.3 Å². The third-order valence-electron chi connectivity index (χ3n) is 6.52. The number of fused-ring (bicyclic) bond motifs is 2. The average Bonchev–Trinajstić information content (AvgIpc) is 3.65. The molecule has 5 aromatic rings. The molecule has 0 saturated carbocycles. The van der Waals surface area contributed by atoms with Gasteiger partial charge in [0.05, 0.1) is 29.8 Å². The summed E-state index contributed by atoms with van der Waals surface area (Å²) in [7, 11) is 1.50. The molecule has 1 aliphatic heterocycles. The van der Waals surface area contributed by atoms with Crippen molar-refractivity contribution in [2.75, 3.05) is 13.7 Å². The van der Waals surface area contributed by atoms with Crippen molar-refractivity contribution < 1.29 is 14.3 Å². The second-order valence-electron chi connectivity index (χ2n) is 8.64. The van der Waals surface area contributed by atoms with Gasteiger partial charge in [0.25, 0.3) is 11.7 Å². The summed E-state index contributed by atoms with van der Waals surface area (Å²) in [5, 5.41) is 4.80. The molecule has 10 heteroatoms. The van der Waals surface area contributed by atoms with Gasteiger partial charge < -0.3 is 19.2 Å². The van der Waals surface area contributed by atoms with E-state index in [-0.39, 0.29) is 5.56 Å². The summed E-state index contributed by atoms with van der Waals surface area (Å²) >= 11 is 0. The number of aryl methyl sites for hydroxylation is 1. The number of para-hydroxylation sites is 1. The molecule has 0 atom stereocenters. The van der Waals surface area contributed by atoms with E-state index in [1.54, 1.807) is 18.2 Å². The van der Waals surface area contributed by atoms with Gasteiger partial charge in [-0.1, -0.05) is 18.2 Å². The Bertz CT molecular complexity index is 1610. The molecule has 10 nitrogen and oxygen atoms in total. The lowest BCUT2D eigenvalue weighted by Gasteiger charge is -2.27. The van der Waals surface area contributed by atoms with Crippen LogP contribution in [-0.4, -0.2) is 59.5 Å². The molecule has 0 spiro atoms. The van der Waals surface area contributed by atoms with Gasteiger partial charge in [-0.05, 0) is 30.7 Å². The fourth-order valence-corrected chi connectivity index (χ4v) is 4.78. The van der Waals surface area contributed by atoms with Gasteiger partial charge in [-0.15, -0.1) is 0 Å². The van der Waals surface area contributed by atoms with E-state index in [4.69, 9.17) is 4.74 Å². The molecule has 1 N–H and O–H groups in total. The number of aromatic nitrogens is 6. The van der Waals surface area contributed by atoms with E-state index < -0.39 is 11.7 Å². The first kappa shape index (κ1) is 21.8. The first-order chi connectivity index (χ1) is 17.5. The number of carbonyl (C=O) groups is 2. The maximum absolute atomic E-state index is 13.5. The van der Waals surface area contributed by atoms with Crippen LogP contribution in [0.4, 0.5) is 0 Å². The van der Waals surface area contributed by atoms with Crippen LogP contribution < -0.4 is 4.74 Å². The number of hydrogen-bond donors (Lipinski definition) is 1. The normalized spacial score (nSPS) is 13.1. The van der Waals surface area contributed by atoms with Crippen molar-refractivity contribution in [1.29, 1.82) is 0 Å². The lowest BCUT2D eigenvalue weighted by atomic mass is 10.0. The monoisotopic (exact) mass is 481 g/mol. The van der Waals surface area contributed by atoms with Crippen LogP contribution in [0, 0.1) is 6.92 Å². The molecule has 4 aromatic heterocycles. The van der Waals surface area contributed by atoms with E-state index in [1.807, 2.05) is 30.5 Å². The van der Waals surface area contributed by atoms with Gasteiger partial charge in [-0.25, -0.2) is 14.6 Å². The highest BCUT2D eigenvalue weighted by molar-refractivity contribution is 6.45. The van der Waals surface area contributed by atoms with Gasteiger partial charge in [-0.3, -0.25) is 9.59 Å². The fraction of sp³-hybridized carbons (Fsp3) is 0.192. The van der Waals surface area contributed by atoms with Crippen LogP contribution in [-0.2, 0) is 17.8 Å². The van der Waals surface area contributed by atoms with Crippen molar-refractivity contribution in [3.63, 3.8) is 0 Å². The molecule has 0 radical (unpaired) electrons. The molecular formula is C26H23N7O3. The van der Waals surface area contributed by atoms with Crippen molar-refractivity contribution in [3.05, 3.63) is 84.0 Å². The minimum absolute atomic E-state index is 0.236. The molecule has 36 heavy (non-hydrogen) atoms. The number of benzene rings is 1. The number of amides is 1. The van der Waals surface area contributed by atoms with Crippen molar-refractivity contribution in [2.45, 2.75) is 19.9 Å². The lowest BCUT2D eigenvalue weighted by Crippen LogP contribution is -2.40. The highest BCUT2D eigenvalue weighted by Gasteiger charge is 2.31. The van der Waals surface area contributed by atoms with Gasteiger partial charge in [0.2, 0.25) is 0 Å².